The molecule has 6 nitrogen and oxygen atoms in total. The molecular weight excluding hydrogens is 815 g/mol. The molecule has 0 aromatic rings. The van der Waals surface area contributed by atoms with E-state index in [1.165, 1.54) is 238 Å². The smallest absolute Gasteiger partial charge is 0.305 e. The van der Waals surface area contributed by atoms with Gasteiger partial charge in [0.1, 0.15) is 0 Å². The first-order chi connectivity index (χ1) is 32.5. The molecule has 0 rings (SSSR count). The quantitative estimate of drug-likeness (QED) is 0.0321. The van der Waals surface area contributed by atoms with Gasteiger partial charge in [-0.3, -0.25) is 9.59 Å². The van der Waals surface area contributed by atoms with Crippen LogP contribution in [0.1, 0.15) is 322 Å². The molecule has 0 aromatic heterocycles. The predicted octanol–water partition coefficient (Wildman–Crippen LogP) is 18.2. The summed E-state index contributed by atoms with van der Waals surface area (Å²) in [5.41, 5.74) is 0. The fraction of sp³-hybridized carbons (Fsp3) is 0.900. The van der Waals surface area contributed by atoms with Crippen molar-refractivity contribution in [3.05, 3.63) is 24.3 Å². The molecule has 0 bridgehead atoms. The van der Waals surface area contributed by atoms with E-state index in [-0.39, 0.29) is 18.5 Å². The van der Waals surface area contributed by atoms with E-state index in [4.69, 9.17) is 4.74 Å². The Hall–Kier alpha value is -1.66. The van der Waals surface area contributed by atoms with E-state index in [0.717, 1.165) is 57.8 Å². The Morgan fingerprint density at radius 1 is 0.409 bits per heavy atom. The number of amides is 1. The number of ether oxygens (including phenoxy) is 1. The molecular formula is C60H115NO5. The highest BCUT2D eigenvalue weighted by molar-refractivity contribution is 5.76. The van der Waals surface area contributed by atoms with E-state index in [9.17, 15) is 19.8 Å². The Balaban J connectivity index is 3.48. The van der Waals surface area contributed by atoms with Crippen LogP contribution in [0.15, 0.2) is 24.3 Å². The largest absolute Gasteiger partial charge is 0.466 e. The lowest BCUT2D eigenvalue weighted by atomic mass is 10.0. The molecule has 0 saturated heterocycles. The Bertz CT molecular complexity index is 1030. The summed E-state index contributed by atoms with van der Waals surface area (Å²) in [7, 11) is 0. The number of aliphatic hydroxyl groups excluding tert-OH is 2. The van der Waals surface area contributed by atoms with Gasteiger partial charge < -0.3 is 20.3 Å². The monoisotopic (exact) mass is 930 g/mol. The van der Waals surface area contributed by atoms with Crippen molar-refractivity contribution < 1.29 is 24.5 Å². The maximum absolute atomic E-state index is 12.5. The van der Waals surface area contributed by atoms with Crippen molar-refractivity contribution in [2.45, 2.75) is 334 Å². The normalized spacial score (nSPS) is 12.7. The summed E-state index contributed by atoms with van der Waals surface area (Å²) in [6, 6.07) is -0.638. The highest BCUT2D eigenvalue weighted by Crippen LogP contribution is 2.17. The molecule has 2 unspecified atom stereocenters. The molecule has 0 fully saturated rings. The van der Waals surface area contributed by atoms with Crippen LogP contribution in [0.5, 0.6) is 0 Å². The van der Waals surface area contributed by atoms with Gasteiger partial charge >= 0.3 is 5.97 Å². The minimum absolute atomic E-state index is 0.0142. The van der Waals surface area contributed by atoms with Gasteiger partial charge in [-0.1, -0.05) is 276 Å². The van der Waals surface area contributed by atoms with Gasteiger partial charge in [0.15, 0.2) is 0 Å². The maximum atomic E-state index is 12.5. The molecule has 0 aliphatic rings. The van der Waals surface area contributed by atoms with Crippen LogP contribution < -0.4 is 5.32 Å². The summed E-state index contributed by atoms with van der Waals surface area (Å²) < 4.78 is 5.47. The number of carbonyl (C=O) groups is 2. The fourth-order valence-corrected chi connectivity index (χ4v) is 9.16. The van der Waals surface area contributed by atoms with Gasteiger partial charge in [0.25, 0.3) is 0 Å². The number of nitrogens with one attached hydrogen (secondary N) is 1. The standard InChI is InChI=1S/C60H115NO5/c1-3-5-7-9-11-13-15-17-19-20-21-22-23-24-26-28-32-36-40-44-48-52-58(63)57(56-62)61-59(64)53-49-45-41-37-33-29-27-31-35-39-43-47-51-55-66-60(65)54-50-46-42-38-34-30-25-18-16-14-12-10-8-6-4-2/h18,25,48,52,57-58,62-63H,3-17,19-24,26-47,49-51,53-56H2,1-2H3,(H,61,64)/b25-18-,52-48+. The zero-order valence-electron chi connectivity index (χ0n) is 44.4. The number of aliphatic hydroxyl groups is 2. The van der Waals surface area contributed by atoms with Crippen LogP contribution in [0.4, 0.5) is 0 Å². The van der Waals surface area contributed by atoms with Gasteiger partial charge in [-0.25, -0.2) is 0 Å². The Kier molecular flexibility index (Phi) is 54.5. The number of carbonyl (C=O) groups excluding carboxylic acids is 2. The molecule has 0 spiro atoms. The van der Waals surface area contributed by atoms with Crippen LogP contribution in [-0.2, 0) is 14.3 Å². The number of hydrogen-bond acceptors (Lipinski definition) is 5. The van der Waals surface area contributed by atoms with Gasteiger partial charge in [-0.2, -0.15) is 0 Å². The lowest BCUT2D eigenvalue weighted by Crippen LogP contribution is -2.45. The van der Waals surface area contributed by atoms with Crippen LogP contribution in [0, 0.1) is 0 Å². The molecule has 0 aliphatic carbocycles. The van der Waals surface area contributed by atoms with Crippen molar-refractivity contribution in [2.75, 3.05) is 13.2 Å². The molecule has 2 atom stereocenters. The first-order valence-electron chi connectivity index (χ1n) is 29.6. The van der Waals surface area contributed by atoms with E-state index >= 15 is 0 Å². The van der Waals surface area contributed by atoms with E-state index in [1.807, 2.05) is 6.08 Å². The van der Waals surface area contributed by atoms with Crippen LogP contribution in [0.3, 0.4) is 0 Å². The third-order valence-electron chi connectivity index (χ3n) is 13.7. The molecule has 390 valence electrons. The topological polar surface area (TPSA) is 95.9 Å². The van der Waals surface area contributed by atoms with Crippen LogP contribution >= 0.6 is 0 Å². The first kappa shape index (κ1) is 64.3. The summed E-state index contributed by atoms with van der Waals surface area (Å²) in [4.78, 5) is 24.5. The molecule has 0 radical (unpaired) electrons. The first-order valence-corrected chi connectivity index (χ1v) is 29.6. The summed E-state index contributed by atoms with van der Waals surface area (Å²) in [5, 5.41) is 23.2. The lowest BCUT2D eigenvalue weighted by molar-refractivity contribution is -0.143. The Morgan fingerprint density at radius 3 is 1.08 bits per heavy atom. The van der Waals surface area contributed by atoms with Gasteiger partial charge in [0, 0.05) is 12.8 Å². The van der Waals surface area contributed by atoms with Crippen LogP contribution in [0.25, 0.3) is 0 Å². The van der Waals surface area contributed by atoms with E-state index in [1.54, 1.807) is 6.08 Å². The second-order valence-corrected chi connectivity index (χ2v) is 20.3. The van der Waals surface area contributed by atoms with Gasteiger partial charge in [-0.15, -0.1) is 0 Å². The van der Waals surface area contributed by atoms with E-state index in [0.29, 0.717) is 19.4 Å². The van der Waals surface area contributed by atoms with Crippen molar-refractivity contribution >= 4 is 11.9 Å². The van der Waals surface area contributed by atoms with Gasteiger partial charge in [0.2, 0.25) is 5.91 Å². The van der Waals surface area contributed by atoms with E-state index < -0.39 is 12.1 Å². The van der Waals surface area contributed by atoms with Crippen molar-refractivity contribution in [2.24, 2.45) is 0 Å². The Labute approximate surface area is 411 Å². The summed E-state index contributed by atoms with van der Waals surface area (Å²) in [6.45, 7) is 4.89. The zero-order chi connectivity index (χ0) is 47.9. The van der Waals surface area contributed by atoms with Crippen molar-refractivity contribution in [3.63, 3.8) is 0 Å². The Morgan fingerprint density at radius 2 is 0.712 bits per heavy atom. The molecule has 3 N–H and O–H groups in total. The number of rotatable bonds is 55. The third kappa shape index (κ3) is 51.7. The average Bonchev–Trinajstić information content (AvgIpc) is 3.32. The van der Waals surface area contributed by atoms with Crippen molar-refractivity contribution in [3.8, 4) is 0 Å². The van der Waals surface area contributed by atoms with Gasteiger partial charge in [-0.05, 0) is 57.8 Å². The highest BCUT2D eigenvalue weighted by atomic mass is 16.5. The number of esters is 1. The van der Waals surface area contributed by atoms with E-state index in [2.05, 4.69) is 31.3 Å². The summed E-state index contributed by atoms with van der Waals surface area (Å²) in [5.74, 6) is -0.0926. The SMILES string of the molecule is CCCCCCCC/C=C\CCCCCCCC(=O)OCCCCCCCCCCCCCCCC(=O)NC(CO)C(O)/C=C/CCCCCCCCCCCCCCCCCCCCC. The maximum Gasteiger partial charge on any atom is 0.305 e. The molecule has 0 heterocycles. The molecule has 0 aromatic carbocycles. The third-order valence-corrected chi connectivity index (χ3v) is 13.7. The molecule has 0 aliphatic heterocycles. The number of allylic oxidation sites excluding steroid dienone is 3. The zero-order valence-corrected chi connectivity index (χ0v) is 44.4. The summed E-state index contributed by atoms with van der Waals surface area (Å²) >= 11 is 0. The minimum atomic E-state index is -0.854. The van der Waals surface area contributed by atoms with Gasteiger partial charge in [0.05, 0.1) is 25.4 Å². The average molecular weight is 931 g/mol. The van der Waals surface area contributed by atoms with Crippen LogP contribution in [-0.4, -0.2) is 47.4 Å². The van der Waals surface area contributed by atoms with Crippen molar-refractivity contribution in [1.82, 2.24) is 5.32 Å². The number of hydrogen-bond donors (Lipinski definition) is 3. The predicted molar refractivity (Wildman–Crippen MR) is 287 cm³/mol. The fourth-order valence-electron chi connectivity index (χ4n) is 9.16. The number of unbranched alkanes of at least 4 members (excludes halogenated alkanes) is 42. The van der Waals surface area contributed by atoms with Crippen LogP contribution in [0.2, 0.25) is 0 Å². The lowest BCUT2D eigenvalue weighted by Gasteiger charge is -2.20. The second-order valence-electron chi connectivity index (χ2n) is 20.3. The molecule has 1 amide bonds. The molecule has 6 heteroatoms. The second kappa shape index (κ2) is 55.9. The van der Waals surface area contributed by atoms with Crippen molar-refractivity contribution in [1.29, 1.82) is 0 Å². The molecule has 0 saturated carbocycles. The minimum Gasteiger partial charge on any atom is -0.466 e. The molecule has 66 heavy (non-hydrogen) atoms. The summed E-state index contributed by atoms with van der Waals surface area (Å²) in [6.07, 6.45) is 67.7. The highest BCUT2D eigenvalue weighted by Gasteiger charge is 2.18.